The molecule has 30 heavy (non-hydrogen) atoms. The van der Waals surface area contributed by atoms with E-state index in [9.17, 15) is 14.7 Å². The maximum absolute atomic E-state index is 13.8. The molecule has 0 aliphatic heterocycles. The zero-order chi connectivity index (χ0) is 21.8. The maximum atomic E-state index is 13.8. The van der Waals surface area contributed by atoms with Crippen molar-refractivity contribution in [2.75, 3.05) is 0 Å². The summed E-state index contributed by atoms with van der Waals surface area (Å²) in [4.78, 5) is 24.9. The van der Waals surface area contributed by atoms with Gasteiger partial charge in [-0.15, -0.1) is 0 Å². The van der Waals surface area contributed by atoms with Crippen LogP contribution in [-0.2, 0) is 9.59 Å². The lowest BCUT2D eigenvalue weighted by atomic mass is 9.43. The number of carbonyl (C=O) groups is 2. The molecule has 4 saturated carbocycles. The van der Waals surface area contributed by atoms with Crippen LogP contribution in [0, 0.1) is 46.3 Å². The summed E-state index contributed by atoms with van der Waals surface area (Å²) in [6, 6.07) is 0. The van der Waals surface area contributed by atoms with Gasteiger partial charge in [-0.05, 0) is 104 Å². The number of fused-ring (bicyclic) bond motifs is 5. The molecule has 4 rings (SSSR count). The van der Waals surface area contributed by atoms with Crippen LogP contribution < -0.4 is 0 Å². The SMILES string of the molecule is C/C=C1/C(=O)C2C(CCC3(C)C2CC[C@@H]3[C@H](C)CCC(=O)O)C2(C)CC[C@@H](O)CC12. The van der Waals surface area contributed by atoms with Gasteiger partial charge >= 0.3 is 5.97 Å². The number of carboxylic acids is 1. The van der Waals surface area contributed by atoms with Crippen molar-refractivity contribution in [1.82, 2.24) is 0 Å². The molecular weight excluding hydrogens is 376 g/mol. The van der Waals surface area contributed by atoms with Crippen molar-refractivity contribution in [2.24, 2.45) is 46.3 Å². The minimum atomic E-state index is -0.705. The highest BCUT2D eigenvalue weighted by atomic mass is 16.4. The lowest BCUT2D eigenvalue weighted by molar-refractivity contribution is -0.150. The Hall–Kier alpha value is -1.16. The van der Waals surface area contributed by atoms with Gasteiger partial charge in [-0.1, -0.05) is 26.8 Å². The molecule has 2 N–H and O–H groups in total. The average Bonchev–Trinajstić information content (AvgIpc) is 3.05. The first-order valence-electron chi connectivity index (χ1n) is 12.2. The van der Waals surface area contributed by atoms with Gasteiger partial charge < -0.3 is 10.2 Å². The summed E-state index contributed by atoms with van der Waals surface area (Å²) >= 11 is 0. The zero-order valence-electron chi connectivity index (χ0n) is 19.2. The quantitative estimate of drug-likeness (QED) is 0.614. The van der Waals surface area contributed by atoms with Crippen molar-refractivity contribution < 1.29 is 19.8 Å². The Morgan fingerprint density at radius 1 is 1.13 bits per heavy atom. The average molecular weight is 417 g/mol. The third kappa shape index (κ3) is 3.20. The summed E-state index contributed by atoms with van der Waals surface area (Å²) in [6.45, 7) is 9.04. The molecular formula is C26H40O4. The number of rotatable bonds is 4. The van der Waals surface area contributed by atoms with Gasteiger partial charge in [-0.3, -0.25) is 9.59 Å². The highest BCUT2D eigenvalue weighted by Crippen LogP contribution is 2.68. The molecule has 9 atom stereocenters. The van der Waals surface area contributed by atoms with Crippen molar-refractivity contribution in [3.05, 3.63) is 11.6 Å². The van der Waals surface area contributed by atoms with Gasteiger partial charge in [0.05, 0.1) is 6.10 Å². The van der Waals surface area contributed by atoms with Crippen LogP contribution in [0.2, 0.25) is 0 Å². The molecule has 4 nitrogen and oxygen atoms in total. The number of hydrogen-bond donors (Lipinski definition) is 2. The molecule has 0 aromatic heterocycles. The van der Waals surface area contributed by atoms with E-state index in [2.05, 4.69) is 20.8 Å². The number of carboxylic acid groups (broad SMARTS) is 1. The summed E-state index contributed by atoms with van der Waals surface area (Å²) in [7, 11) is 0. The maximum Gasteiger partial charge on any atom is 0.303 e. The van der Waals surface area contributed by atoms with E-state index < -0.39 is 5.97 Å². The van der Waals surface area contributed by atoms with E-state index in [1.54, 1.807) is 0 Å². The van der Waals surface area contributed by atoms with Crippen LogP contribution in [0.1, 0.15) is 85.5 Å². The Bertz CT molecular complexity index is 741. The number of carbonyl (C=O) groups excluding carboxylic acids is 1. The van der Waals surface area contributed by atoms with Crippen LogP contribution >= 0.6 is 0 Å². The number of hydrogen-bond acceptors (Lipinski definition) is 3. The van der Waals surface area contributed by atoms with Gasteiger partial charge in [-0.2, -0.15) is 0 Å². The van der Waals surface area contributed by atoms with E-state index in [0.29, 0.717) is 29.5 Å². The minimum Gasteiger partial charge on any atom is -0.481 e. The molecule has 0 bridgehead atoms. The fourth-order valence-corrected chi connectivity index (χ4v) is 8.72. The lowest BCUT2D eigenvalue weighted by Crippen LogP contribution is -2.58. The third-order valence-corrected chi connectivity index (χ3v) is 10.3. The molecule has 0 aromatic carbocycles. The van der Waals surface area contributed by atoms with E-state index in [4.69, 9.17) is 5.11 Å². The standard InChI is InChI=1S/C26H40O4/c1-5-17-21-14-16(27)10-12-26(21,4)20-11-13-25(3)18(15(2)6-9-22(28)29)7-8-19(25)23(20)24(17)30/h5,15-16,18-21,23,27H,6-14H2,1-4H3,(H,28,29)/b17-5+/t15-,16-,18-,19?,20?,21?,23?,25?,26?/m1/s1. The van der Waals surface area contributed by atoms with Crippen LogP contribution in [0.3, 0.4) is 0 Å². The number of aliphatic hydroxyl groups is 1. The summed E-state index contributed by atoms with van der Waals surface area (Å²) < 4.78 is 0. The predicted octanol–water partition coefficient (Wildman–Crippen LogP) is 5.24. The predicted molar refractivity (Wildman–Crippen MR) is 117 cm³/mol. The smallest absolute Gasteiger partial charge is 0.303 e. The summed E-state index contributed by atoms with van der Waals surface area (Å²) in [5, 5.41) is 19.5. The number of aliphatic hydroxyl groups excluding tert-OH is 1. The summed E-state index contributed by atoms with van der Waals surface area (Å²) in [6.07, 6.45) is 9.86. The molecule has 0 radical (unpaired) electrons. The van der Waals surface area contributed by atoms with Gasteiger partial charge in [0.1, 0.15) is 0 Å². The van der Waals surface area contributed by atoms with Gasteiger partial charge in [0.25, 0.3) is 0 Å². The van der Waals surface area contributed by atoms with E-state index in [-0.39, 0.29) is 35.2 Å². The second-order valence-electron chi connectivity index (χ2n) is 11.5. The Kier molecular flexibility index (Phi) is 5.70. The van der Waals surface area contributed by atoms with Crippen LogP contribution in [0.5, 0.6) is 0 Å². The van der Waals surface area contributed by atoms with Crippen LogP contribution in [0.15, 0.2) is 11.6 Å². The zero-order valence-corrected chi connectivity index (χ0v) is 19.2. The molecule has 168 valence electrons. The number of aliphatic carboxylic acids is 1. The molecule has 0 saturated heterocycles. The third-order valence-electron chi connectivity index (χ3n) is 10.3. The van der Waals surface area contributed by atoms with Crippen LogP contribution in [0.25, 0.3) is 0 Å². The molecule has 4 aliphatic carbocycles. The van der Waals surface area contributed by atoms with Crippen molar-refractivity contribution in [3.8, 4) is 0 Å². The molecule has 4 heteroatoms. The fraction of sp³-hybridized carbons (Fsp3) is 0.846. The highest BCUT2D eigenvalue weighted by Gasteiger charge is 2.64. The monoisotopic (exact) mass is 416 g/mol. The first-order chi connectivity index (χ1) is 14.1. The summed E-state index contributed by atoms with van der Waals surface area (Å²) in [5.74, 6) is 1.74. The Balaban J connectivity index is 1.64. The molecule has 0 amide bonds. The van der Waals surface area contributed by atoms with Crippen molar-refractivity contribution in [1.29, 1.82) is 0 Å². The number of Topliss-reactive ketones (excluding diaryl/α,β-unsaturated/α-hetero) is 1. The van der Waals surface area contributed by atoms with Gasteiger partial charge in [-0.25, -0.2) is 0 Å². The van der Waals surface area contributed by atoms with E-state index in [0.717, 1.165) is 56.9 Å². The lowest BCUT2D eigenvalue weighted by Gasteiger charge is -2.61. The van der Waals surface area contributed by atoms with Gasteiger partial charge in [0.2, 0.25) is 0 Å². The Morgan fingerprint density at radius 3 is 2.47 bits per heavy atom. The van der Waals surface area contributed by atoms with Crippen LogP contribution in [-0.4, -0.2) is 28.1 Å². The number of ketones is 1. The second-order valence-corrected chi connectivity index (χ2v) is 11.5. The largest absolute Gasteiger partial charge is 0.481 e. The molecule has 6 unspecified atom stereocenters. The summed E-state index contributed by atoms with van der Waals surface area (Å²) in [5.41, 5.74) is 1.25. The Morgan fingerprint density at radius 2 is 1.80 bits per heavy atom. The van der Waals surface area contributed by atoms with Gasteiger partial charge in [0.15, 0.2) is 5.78 Å². The molecule has 0 spiro atoms. The first kappa shape index (κ1) is 22.0. The van der Waals surface area contributed by atoms with E-state index >= 15 is 0 Å². The van der Waals surface area contributed by atoms with Crippen molar-refractivity contribution in [3.63, 3.8) is 0 Å². The second kappa shape index (κ2) is 7.76. The molecule has 0 heterocycles. The Labute approximate surface area is 181 Å². The molecule has 4 fully saturated rings. The minimum absolute atomic E-state index is 0.114. The number of allylic oxidation sites excluding steroid dienone is 2. The molecule has 0 aromatic rings. The van der Waals surface area contributed by atoms with Crippen LogP contribution in [0.4, 0.5) is 0 Å². The first-order valence-corrected chi connectivity index (χ1v) is 12.2. The highest BCUT2D eigenvalue weighted by molar-refractivity contribution is 5.99. The normalized spacial score (nSPS) is 48.0. The molecule has 4 aliphatic rings. The van der Waals surface area contributed by atoms with E-state index in [1.165, 1.54) is 0 Å². The van der Waals surface area contributed by atoms with E-state index in [1.807, 2.05) is 13.0 Å². The topological polar surface area (TPSA) is 74.6 Å². The van der Waals surface area contributed by atoms with Crippen molar-refractivity contribution >= 4 is 11.8 Å². The fourth-order valence-electron chi connectivity index (χ4n) is 8.72. The van der Waals surface area contributed by atoms with Crippen molar-refractivity contribution in [2.45, 2.75) is 91.6 Å². The van der Waals surface area contributed by atoms with Gasteiger partial charge in [0, 0.05) is 12.3 Å².